The second-order valence-electron chi connectivity index (χ2n) is 2.16. The highest BCUT2D eigenvalue weighted by molar-refractivity contribution is 5.86. The van der Waals surface area contributed by atoms with Gasteiger partial charge in [0.15, 0.2) is 0 Å². The normalized spacial score (nSPS) is 8.90. The summed E-state index contributed by atoms with van der Waals surface area (Å²) in [5.41, 5.74) is 0. The lowest BCUT2D eigenvalue weighted by molar-refractivity contribution is -0.116. The van der Waals surface area contributed by atoms with Crippen LogP contribution in [-0.2, 0) is 4.79 Å². The fourth-order valence-electron chi connectivity index (χ4n) is 0.646. The van der Waals surface area contributed by atoms with E-state index in [0.29, 0.717) is 0 Å². The maximum Gasteiger partial charge on any atom is 0.243 e. The van der Waals surface area contributed by atoms with Crippen LogP contribution in [0, 0.1) is 6.58 Å². The summed E-state index contributed by atoms with van der Waals surface area (Å²) in [7, 11) is 0. The van der Waals surface area contributed by atoms with E-state index in [-0.39, 0.29) is 5.91 Å². The summed E-state index contributed by atoms with van der Waals surface area (Å²) < 4.78 is 0. The zero-order valence-corrected chi connectivity index (χ0v) is 6.39. The molecule has 0 bridgehead atoms. The topological polar surface area (TPSA) is 29.1 Å². The van der Waals surface area contributed by atoms with Crippen molar-refractivity contribution in [3.8, 4) is 0 Å². The fourth-order valence-corrected chi connectivity index (χ4v) is 0.646. The van der Waals surface area contributed by atoms with Gasteiger partial charge in [0, 0.05) is 12.6 Å². The Morgan fingerprint density at radius 3 is 2.80 bits per heavy atom. The maximum absolute atomic E-state index is 10.5. The summed E-state index contributed by atoms with van der Waals surface area (Å²) in [4.78, 5) is 10.5. The van der Waals surface area contributed by atoms with Gasteiger partial charge in [-0.15, -0.1) is 0 Å². The lowest BCUT2D eigenvalue weighted by Gasteiger charge is -1.98. The highest BCUT2D eigenvalue weighted by Crippen LogP contribution is 1.90. The molecule has 0 rings (SSSR count). The molecule has 0 saturated heterocycles. The van der Waals surface area contributed by atoms with Crippen molar-refractivity contribution in [2.24, 2.45) is 0 Å². The van der Waals surface area contributed by atoms with Crippen LogP contribution < -0.4 is 5.32 Å². The molecule has 2 heteroatoms. The Labute approximate surface area is 62.3 Å². The van der Waals surface area contributed by atoms with Gasteiger partial charge in [-0.25, -0.2) is 0 Å². The molecule has 0 aromatic carbocycles. The minimum atomic E-state index is -0.184. The predicted octanol–water partition coefficient (Wildman–Crippen LogP) is 1.28. The third-order valence-electron chi connectivity index (χ3n) is 1.23. The first-order chi connectivity index (χ1) is 4.81. The summed E-state index contributed by atoms with van der Waals surface area (Å²) in [6.07, 6.45) is 4.41. The van der Waals surface area contributed by atoms with Crippen molar-refractivity contribution in [1.29, 1.82) is 0 Å². The van der Waals surface area contributed by atoms with Gasteiger partial charge in [-0.05, 0) is 6.42 Å². The molecule has 0 fully saturated rings. The Morgan fingerprint density at radius 1 is 1.60 bits per heavy atom. The van der Waals surface area contributed by atoms with E-state index in [9.17, 15) is 4.79 Å². The SMILES string of the molecule is [CH]=CC(=O)NCCCCC. The van der Waals surface area contributed by atoms with E-state index in [1.54, 1.807) is 0 Å². The van der Waals surface area contributed by atoms with Gasteiger partial charge in [-0.1, -0.05) is 26.3 Å². The lowest BCUT2D eigenvalue weighted by atomic mass is 10.2. The minimum Gasteiger partial charge on any atom is -0.353 e. The summed E-state index contributed by atoms with van der Waals surface area (Å²) in [6.45, 7) is 7.81. The summed E-state index contributed by atoms with van der Waals surface area (Å²) in [6, 6.07) is 0. The van der Waals surface area contributed by atoms with Crippen LogP contribution in [0.4, 0.5) is 0 Å². The predicted molar refractivity (Wildman–Crippen MR) is 41.4 cm³/mol. The van der Waals surface area contributed by atoms with E-state index in [4.69, 9.17) is 6.58 Å². The Bertz CT molecular complexity index is 110. The van der Waals surface area contributed by atoms with E-state index in [0.717, 1.165) is 25.5 Å². The van der Waals surface area contributed by atoms with E-state index in [2.05, 4.69) is 12.2 Å². The number of amides is 1. The molecule has 0 aliphatic heterocycles. The van der Waals surface area contributed by atoms with E-state index in [1.807, 2.05) is 0 Å². The molecule has 57 valence electrons. The number of hydrogen-bond acceptors (Lipinski definition) is 1. The van der Waals surface area contributed by atoms with Crippen LogP contribution in [0.25, 0.3) is 0 Å². The van der Waals surface area contributed by atoms with Crippen molar-refractivity contribution in [2.75, 3.05) is 6.54 Å². The van der Waals surface area contributed by atoms with Crippen LogP contribution in [0.1, 0.15) is 26.2 Å². The second kappa shape index (κ2) is 6.33. The Hall–Kier alpha value is -0.790. The summed E-state index contributed by atoms with van der Waals surface area (Å²) in [5, 5.41) is 2.65. The van der Waals surface area contributed by atoms with Crippen molar-refractivity contribution >= 4 is 5.91 Å². The summed E-state index contributed by atoms with van der Waals surface area (Å²) >= 11 is 0. The average molecular weight is 140 g/mol. The van der Waals surface area contributed by atoms with Gasteiger partial charge in [0.2, 0.25) is 5.91 Å². The smallest absolute Gasteiger partial charge is 0.243 e. The Kier molecular flexibility index (Phi) is 5.83. The number of carbonyl (C=O) groups excluding carboxylic acids is 1. The third kappa shape index (κ3) is 5.35. The van der Waals surface area contributed by atoms with Crippen molar-refractivity contribution in [1.82, 2.24) is 5.32 Å². The van der Waals surface area contributed by atoms with Gasteiger partial charge >= 0.3 is 0 Å². The zero-order chi connectivity index (χ0) is 7.82. The van der Waals surface area contributed by atoms with Crippen LogP contribution in [0.2, 0.25) is 0 Å². The van der Waals surface area contributed by atoms with Gasteiger partial charge in [-0.3, -0.25) is 4.79 Å². The average Bonchev–Trinajstić information content (AvgIpc) is 1.98. The van der Waals surface area contributed by atoms with Gasteiger partial charge in [-0.2, -0.15) is 0 Å². The second-order valence-corrected chi connectivity index (χ2v) is 2.16. The van der Waals surface area contributed by atoms with Crippen LogP contribution in [0.5, 0.6) is 0 Å². The van der Waals surface area contributed by atoms with Crippen LogP contribution in [0.15, 0.2) is 6.08 Å². The number of hydrogen-bond donors (Lipinski definition) is 1. The highest BCUT2D eigenvalue weighted by atomic mass is 16.1. The molecule has 0 aromatic rings. The number of carbonyl (C=O) groups is 1. The Balaban J connectivity index is 3.03. The molecule has 1 amide bonds. The molecular weight excluding hydrogens is 126 g/mol. The van der Waals surface area contributed by atoms with E-state index >= 15 is 0 Å². The molecule has 0 aliphatic carbocycles. The van der Waals surface area contributed by atoms with E-state index in [1.165, 1.54) is 6.42 Å². The zero-order valence-electron chi connectivity index (χ0n) is 6.39. The van der Waals surface area contributed by atoms with Crippen LogP contribution in [0.3, 0.4) is 0 Å². The maximum atomic E-state index is 10.5. The van der Waals surface area contributed by atoms with Gasteiger partial charge in [0.1, 0.15) is 0 Å². The highest BCUT2D eigenvalue weighted by Gasteiger charge is 1.90. The number of unbranched alkanes of at least 4 members (excludes halogenated alkanes) is 2. The molecule has 0 aromatic heterocycles. The first kappa shape index (κ1) is 9.21. The molecule has 0 spiro atoms. The largest absolute Gasteiger partial charge is 0.353 e. The molecule has 10 heavy (non-hydrogen) atoms. The first-order valence-electron chi connectivity index (χ1n) is 3.64. The monoisotopic (exact) mass is 140 g/mol. The summed E-state index contributed by atoms with van der Waals surface area (Å²) in [5.74, 6) is -0.184. The van der Waals surface area contributed by atoms with Gasteiger partial charge < -0.3 is 5.32 Å². The molecule has 0 atom stereocenters. The fraction of sp³-hybridized carbons (Fsp3) is 0.625. The van der Waals surface area contributed by atoms with Crippen molar-refractivity contribution in [3.63, 3.8) is 0 Å². The molecule has 0 aliphatic rings. The Morgan fingerprint density at radius 2 is 2.30 bits per heavy atom. The minimum absolute atomic E-state index is 0.184. The van der Waals surface area contributed by atoms with Crippen molar-refractivity contribution in [3.05, 3.63) is 12.7 Å². The molecule has 0 saturated carbocycles. The molecule has 1 radical (unpaired) electrons. The molecular formula is C8H14NO. The van der Waals surface area contributed by atoms with Gasteiger partial charge in [0.05, 0.1) is 0 Å². The van der Waals surface area contributed by atoms with Crippen molar-refractivity contribution < 1.29 is 4.79 Å². The molecule has 0 heterocycles. The molecule has 2 nitrogen and oxygen atoms in total. The van der Waals surface area contributed by atoms with Crippen LogP contribution in [-0.4, -0.2) is 12.5 Å². The number of rotatable bonds is 5. The number of nitrogens with one attached hydrogen (secondary N) is 1. The van der Waals surface area contributed by atoms with Gasteiger partial charge in [0.25, 0.3) is 0 Å². The quantitative estimate of drug-likeness (QED) is 0.452. The standard InChI is InChI=1S/C8H14NO/c1-3-5-6-7-9-8(10)4-2/h2,4H,3,5-7H2,1H3,(H,9,10). The van der Waals surface area contributed by atoms with Crippen molar-refractivity contribution in [2.45, 2.75) is 26.2 Å². The van der Waals surface area contributed by atoms with E-state index < -0.39 is 0 Å². The van der Waals surface area contributed by atoms with Crippen LogP contribution >= 0.6 is 0 Å². The molecule has 1 N–H and O–H groups in total. The first-order valence-corrected chi connectivity index (χ1v) is 3.64. The molecule has 0 unspecified atom stereocenters. The third-order valence-corrected chi connectivity index (χ3v) is 1.23. The lowest BCUT2D eigenvalue weighted by Crippen LogP contribution is -2.21.